The summed E-state index contributed by atoms with van der Waals surface area (Å²) in [5, 5.41) is 0. The maximum atomic E-state index is 12.8. The number of nitrogens with two attached hydrogens (primary N) is 1. The van der Waals surface area contributed by atoms with Gasteiger partial charge in [0.1, 0.15) is 0 Å². The first-order valence-electron chi connectivity index (χ1n) is 6.26. The summed E-state index contributed by atoms with van der Waals surface area (Å²) in [6.07, 6.45) is -4.43. The smallest absolute Gasteiger partial charge is 0.376 e. The van der Waals surface area contributed by atoms with E-state index in [2.05, 4.69) is 0 Å². The Bertz CT molecular complexity index is 404. The molecule has 0 heterocycles. The molecule has 0 spiro atoms. The summed E-state index contributed by atoms with van der Waals surface area (Å²) in [6, 6.07) is 4.57. The number of ether oxygens (including phenoxy) is 1. The van der Waals surface area contributed by atoms with Gasteiger partial charge in [-0.1, -0.05) is 32.0 Å². The Morgan fingerprint density at radius 3 is 2.26 bits per heavy atom. The minimum atomic E-state index is -4.39. The van der Waals surface area contributed by atoms with Gasteiger partial charge in [-0.3, -0.25) is 0 Å². The largest absolute Gasteiger partial charge is 0.416 e. The molecule has 19 heavy (non-hydrogen) atoms. The molecule has 0 radical (unpaired) electrons. The first-order valence-corrected chi connectivity index (χ1v) is 6.26. The van der Waals surface area contributed by atoms with Gasteiger partial charge in [0.15, 0.2) is 0 Å². The number of benzene rings is 1. The van der Waals surface area contributed by atoms with Crippen LogP contribution < -0.4 is 5.73 Å². The quantitative estimate of drug-likeness (QED) is 0.887. The van der Waals surface area contributed by atoms with Crippen LogP contribution in [0.1, 0.15) is 37.9 Å². The lowest BCUT2D eigenvalue weighted by Gasteiger charge is -2.22. The van der Waals surface area contributed by atoms with Gasteiger partial charge in [-0.15, -0.1) is 0 Å². The highest BCUT2D eigenvalue weighted by molar-refractivity contribution is 5.32. The second kappa shape index (κ2) is 6.39. The highest BCUT2D eigenvalue weighted by Gasteiger charge is 2.34. The second-order valence-corrected chi connectivity index (χ2v) is 4.97. The highest BCUT2D eigenvalue weighted by Crippen LogP contribution is 2.34. The van der Waals surface area contributed by atoms with Gasteiger partial charge in [0.25, 0.3) is 0 Å². The monoisotopic (exact) mass is 275 g/mol. The van der Waals surface area contributed by atoms with E-state index in [4.69, 9.17) is 10.5 Å². The highest BCUT2D eigenvalue weighted by atomic mass is 19.4. The summed E-state index contributed by atoms with van der Waals surface area (Å²) in [5.74, 6) is 0.296. The van der Waals surface area contributed by atoms with Crippen LogP contribution in [0.3, 0.4) is 0 Å². The van der Waals surface area contributed by atoms with Crippen LogP contribution in [0.25, 0.3) is 0 Å². The molecule has 0 aliphatic rings. The van der Waals surface area contributed by atoms with Crippen molar-refractivity contribution in [1.29, 1.82) is 0 Å². The average molecular weight is 275 g/mol. The number of alkyl halides is 3. The summed E-state index contributed by atoms with van der Waals surface area (Å²) in [7, 11) is 0. The van der Waals surface area contributed by atoms with Crippen LogP contribution in [0.2, 0.25) is 0 Å². The van der Waals surface area contributed by atoms with Crippen molar-refractivity contribution in [1.82, 2.24) is 0 Å². The van der Waals surface area contributed by atoms with Crippen molar-refractivity contribution in [2.24, 2.45) is 11.7 Å². The van der Waals surface area contributed by atoms with E-state index >= 15 is 0 Å². The Labute approximate surface area is 111 Å². The van der Waals surface area contributed by atoms with E-state index in [0.29, 0.717) is 5.92 Å². The Kier molecular flexibility index (Phi) is 5.38. The van der Waals surface area contributed by atoms with Crippen LogP contribution in [0, 0.1) is 5.92 Å². The lowest BCUT2D eigenvalue weighted by atomic mass is 10.0. The first kappa shape index (κ1) is 16.0. The molecule has 1 rings (SSSR count). The molecule has 2 unspecified atom stereocenters. The summed E-state index contributed by atoms with van der Waals surface area (Å²) >= 11 is 0. The Morgan fingerprint density at radius 1 is 1.16 bits per heavy atom. The number of hydrogen-bond donors (Lipinski definition) is 1. The molecule has 2 nitrogen and oxygen atoms in total. The van der Waals surface area contributed by atoms with Gasteiger partial charge >= 0.3 is 6.18 Å². The molecule has 0 aliphatic heterocycles. The van der Waals surface area contributed by atoms with Crippen LogP contribution in [0.15, 0.2) is 24.3 Å². The third kappa shape index (κ3) is 4.51. The van der Waals surface area contributed by atoms with Crippen LogP contribution >= 0.6 is 0 Å². The molecule has 5 heteroatoms. The van der Waals surface area contributed by atoms with Crippen molar-refractivity contribution in [3.8, 4) is 0 Å². The van der Waals surface area contributed by atoms with Crippen molar-refractivity contribution in [3.05, 3.63) is 35.4 Å². The van der Waals surface area contributed by atoms with E-state index in [1.54, 1.807) is 6.07 Å². The standard InChI is InChI=1S/C14H20F3NO/c1-9(2)10(3)19-8-13(18)11-6-4-5-7-12(11)14(15,16)17/h4-7,9-10,13H,8,18H2,1-3H3. The maximum absolute atomic E-state index is 12.8. The minimum absolute atomic E-state index is 0.0379. The molecular weight excluding hydrogens is 255 g/mol. The fraction of sp³-hybridized carbons (Fsp3) is 0.571. The summed E-state index contributed by atoms with van der Waals surface area (Å²) in [5.41, 5.74) is 5.20. The molecule has 0 aliphatic carbocycles. The first-order chi connectivity index (χ1) is 8.73. The molecule has 0 saturated heterocycles. The summed E-state index contributed by atoms with van der Waals surface area (Å²) in [6.45, 7) is 5.93. The van der Waals surface area contributed by atoms with Crippen LogP contribution in [0.4, 0.5) is 13.2 Å². The maximum Gasteiger partial charge on any atom is 0.416 e. The molecular formula is C14H20F3NO. The summed E-state index contributed by atoms with van der Waals surface area (Å²) in [4.78, 5) is 0. The molecule has 2 atom stereocenters. The number of rotatable bonds is 5. The van der Waals surface area contributed by atoms with E-state index in [1.165, 1.54) is 12.1 Å². The third-order valence-corrected chi connectivity index (χ3v) is 3.14. The van der Waals surface area contributed by atoms with Gasteiger partial charge in [0, 0.05) is 0 Å². The Morgan fingerprint density at radius 2 is 1.74 bits per heavy atom. The molecule has 0 fully saturated rings. The molecule has 0 aromatic heterocycles. The molecule has 0 amide bonds. The van der Waals surface area contributed by atoms with Gasteiger partial charge in [0.05, 0.1) is 24.3 Å². The van der Waals surface area contributed by atoms with E-state index in [-0.39, 0.29) is 18.3 Å². The zero-order chi connectivity index (χ0) is 14.6. The van der Waals surface area contributed by atoms with Gasteiger partial charge in [-0.25, -0.2) is 0 Å². The van der Waals surface area contributed by atoms with E-state index in [1.807, 2.05) is 20.8 Å². The third-order valence-electron chi connectivity index (χ3n) is 3.14. The molecule has 108 valence electrons. The van der Waals surface area contributed by atoms with E-state index in [9.17, 15) is 13.2 Å². The van der Waals surface area contributed by atoms with Gasteiger partial charge < -0.3 is 10.5 Å². The van der Waals surface area contributed by atoms with Crippen molar-refractivity contribution < 1.29 is 17.9 Å². The lowest BCUT2D eigenvalue weighted by molar-refractivity contribution is -0.138. The van der Waals surface area contributed by atoms with Crippen LogP contribution in [-0.4, -0.2) is 12.7 Å². The topological polar surface area (TPSA) is 35.2 Å². The van der Waals surface area contributed by atoms with Gasteiger partial charge in [0.2, 0.25) is 0 Å². The molecule has 1 aromatic carbocycles. The predicted octanol–water partition coefficient (Wildman–Crippen LogP) is 3.77. The van der Waals surface area contributed by atoms with Gasteiger partial charge in [-0.2, -0.15) is 13.2 Å². The zero-order valence-corrected chi connectivity index (χ0v) is 11.4. The zero-order valence-electron chi connectivity index (χ0n) is 11.4. The molecule has 1 aromatic rings. The predicted molar refractivity (Wildman–Crippen MR) is 68.6 cm³/mol. The van der Waals surface area contributed by atoms with Crippen molar-refractivity contribution >= 4 is 0 Å². The molecule has 0 saturated carbocycles. The minimum Gasteiger partial charge on any atom is -0.376 e. The fourth-order valence-electron chi connectivity index (χ4n) is 1.62. The number of hydrogen-bond acceptors (Lipinski definition) is 2. The second-order valence-electron chi connectivity index (χ2n) is 4.97. The Hall–Kier alpha value is -1.07. The fourth-order valence-corrected chi connectivity index (χ4v) is 1.62. The molecule has 2 N–H and O–H groups in total. The van der Waals surface area contributed by atoms with E-state index < -0.39 is 17.8 Å². The normalized spacial score (nSPS) is 15.6. The van der Waals surface area contributed by atoms with Crippen molar-refractivity contribution in [3.63, 3.8) is 0 Å². The SMILES string of the molecule is CC(C)C(C)OCC(N)c1ccccc1C(F)(F)F. The van der Waals surface area contributed by atoms with Crippen LogP contribution in [0.5, 0.6) is 0 Å². The average Bonchev–Trinajstić information content (AvgIpc) is 2.34. The molecule has 0 bridgehead atoms. The number of halogens is 3. The van der Waals surface area contributed by atoms with Crippen LogP contribution in [-0.2, 0) is 10.9 Å². The van der Waals surface area contributed by atoms with Crippen molar-refractivity contribution in [2.45, 2.75) is 39.1 Å². The Balaban J connectivity index is 2.80. The lowest BCUT2D eigenvalue weighted by Crippen LogP contribution is -2.25. The van der Waals surface area contributed by atoms with E-state index in [0.717, 1.165) is 6.07 Å². The van der Waals surface area contributed by atoms with Crippen molar-refractivity contribution in [2.75, 3.05) is 6.61 Å². The van der Waals surface area contributed by atoms with Gasteiger partial charge in [-0.05, 0) is 24.5 Å². The summed E-state index contributed by atoms with van der Waals surface area (Å²) < 4.78 is 44.0.